The first-order valence-electron chi connectivity index (χ1n) is 13.6. The zero-order valence-corrected chi connectivity index (χ0v) is 28.0. The summed E-state index contributed by atoms with van der Waals surface area (Å²) in [5, 5.41) is 13.2. The van der Waals surface area contributed by atoms with Crippen LogP contribution in [0.2, 0.25) is 0 Å². The molecule has 0 spiro atoms. The monoisotopic (exact) mass is 618 g/mol. The molecule has 0 aliphatic rings. The molecule has 0 amide bonds. The topological polar surface area (TPSA) is 98.8 Å². The molecule has 2 heterocycles. The number of oxazole rings is 1. The maximum absolute atomic E-state index is 11.4. The molecule has 0 saturated heterocycles. The second-order valence-electron chi connectivity index (χ2n) is 9.99. The molecule has 0 radical (unpaired) electrons. The van der Waals surface area contributed by atoms with Crippen LogP contribution in [0.4, 0.5) is 0 Å². The minimum Gasteiger partial charge on any atom is -0.546 e. The first-order valence-corrected chi connectivity index (χ1v) is 13.6. The summed E-state index contributed by atoms with van der Waals surface area (Å²) in [5.74, 6) is 1.69. The van der Waals surface area contributed by atoms with Gasteiger partial charge >= 0.3 is 29.6 Å². The van der Waals surface area contributed by atoms with Crippen LogP contribution in [0.3, 0.4) is 0 Å². The molecule has 2 aromatic heterocycles. The number of benzene rings is 4. The summed E-state index contributed by atoms with van der Waals surface area (Å²) in [6, 6.07) is 29.3. The summed E-state index contributed by atoms with van der Waals surface area (Å²) in [7, 11) is 1.61. The molecule has 0 unspecified atom stereocenters. The number of carbonyl (C=O) groups excluding carboxylic acids is 1. The van der Waals surface area contributed by atoms with Crippen molar-refractivity contribution in [2.45, 2.75) is 33.1 Å². The quantitative estimate of drug-likeness (QED) is 0.218. The molecule has 44 heavy (non-hydrogen) atoms. The second-order valence-corrected chi connectivity index (χ2v) is 9.99. The number of aliphatic carboxylic acids is 1. The van der Waals surface area contributed by atoms with Crippen molar-refractivity contribution in [3.05, 3.63) is 108 Å². The van der Waals surface area contributed by atoms with Gasteiger partial charge in [-0.25, -0.2) is 4.98 Å². The van der Waals surface area contributed by atoms with Gasteiger partial charge in [-0.15, -0.1) is 0 Å². The molecule has 0 saturated carbocycles. The molecule has 10 heteroatoms. The van der Waals surface area contributed by atoms with E-state index in [0.717, 1.165) is 38.6 Å². The minimum absolute atomic E-state index is 0. The van der Waals surface area contributed by atoms with E-state index < -0.39 is 12.1 Å². The molecule has 6 aromatic rings. The van der Waals surface area contributed by atoms with E-state index in [1.807, 2.05) is 91.9 Å². The summed E-state index contributed by atoms with van der Waals surface area (Å²) in [6.07, 6.45) is -1.08. The van der Waals surface area contributed by atoms with E-state index in [9.17, 15) is 9.90 Å². The molecule has 220 valence electrons. The summed E-state index contributed by atoms with van der Waals surface area (Å²) in [6.45, 7) is 4.12. The molecule has 0 aliphatic carbocycles. The van der Waals surface area contributed by atoms with Crippen LogP contribution >= 0.6 is 13.5 Å². The number of hydrogen-bond acceptors (Lipinski definition) is 7. The minimum atomic E-state index is -1.26. The first kappa shape index (κ1) is 33.0. The standard InChI is InChI=1S/C34H30N2O6.Na.H2S/c1-21-26(35-33(42-21)24-10-5-4-6-11-24)20-40-29-17-16-23(18-31(29)39-3)19-36-27-13-8-7-12-25(27)32-28(36)14-9-15-30(32)41-22(2)34(37)38;;/h4-18,22H,19-20H2,1-3H3,(H,37,38);;1H2/q;+1;/p-1/t22-;;/m0../s1. The van der Waals surface area contributed by atoms with Gasteiger partial charge < -0.3 is 33.1 Å². The van der Waals surface area contributed by atoms with Crippen molar-refractivity contribution >= 4 is 41.3 Å². The van der Waals surface area contributed by atoms with Crippen LogP contribution in [0.1, 0.15) is 23.9 Å². The number of rotatable bonds is 10. The largest absolute Gasteiger partial charge is 1.00 e. The Bertz CT molecular complexity index is 1900. The molecule has 0 aliphatic heterocycles. The van der Waals surface area contributed by atoms with Crippen molar-refractivity contribution in [3.63, 3.8) is 0 Å². The summed E-state index contributed by atoms with van der Waals surface area (Å²) in [4.78, 5) is 16.0. The Hall–Kier alpha value is -3.89. The number of carboxylic acids is 1. The van der Waals surface area contributed by atoms with Gasteiger partial charge in [0.15, 0.2) is 11.5 Å². The van der Waals surface area contributed by atoms with Gasteiger partial charge in [0.05, 0.1) is 18.6 Å². The molecular formula is C34H31N2NaO6S. The third-order valence-electron chi connectivity index (χ3n) is 7.24. The number of carboxylic acid groups (broad SMARTS) is 1. The average Bonchev–Trinajstić information content (AvgIpc) is 3.54. The predicted octanol–water partition coefficient (Wildman–Crippen LogP) is 3.03. The molecule has 0 bridgehead atoms. The number of para-hydroxylation sites is 1. The Morgan fingerprint density at radius 1 is 0.932 bits per heavy atom. The Kier molecular flexibility index (Phi) is 10.7. The summed E-state index contributed by atoms with van der Waals surface area (Å²) in [5.41, 5.74) is 4.55. The van der Waals surface area contributed by atoms with Crippen LogP contribution in [-0.4, -0.2) is 28.7 Å². The van der Waals surface area contributed by atoms with Gasteiger partial charge in [0.1, 0.15) is 29.9 Å². The van der Waals surface area contributed by atoms with E-state index in [2.05, 4.69) is 9.55 Å². The second kappa shape index (κ2) is 14.3. The maximum Gasteiger partial charge on any atom is 1.00 e. The fourth-order valence-corrected chi connectivity index (χ4v) is 5.10. The Labute approximate surface area is 284 Å². The SMILES string of the molecule is COc1cc(Cn2c3ccccc3c3c(O[C@@H](C)C(=O)[O-])cccc32)ccc1OCc1nc(-c2ccccc2)oc1C.S.[Na+]. The van der Waals surface area contributed by atoms with E-state index in [1.54, 1.807) is 13.2 Å². The number of fused-ring (bicyclic) bond motifs is 3. The van der Waals surface area contributed by atoms with Gasteiger partial charge in [-0.05, 0) is 61.9 Å². The normalized spacial score (nSPS) is 11.4. The molecule has 1 atom stereocenters. The molecule has 8 nitrogen and oxygen atoms in total. The van der Waals surface area contributed by atoms with Gasteiger partial charge in [0.25, 0.3) is 0 Å². The molecule has 0 fully saturated rings. The Balaban J connectivity index is 0.00000221. The number of hydrogen-bond donors (Lipinski definition) is 0. The molecule has 4 aromatic carbocycles. The van der Waals surface area contributed by atoms with E-state index in [-0.39, 0.29) is 49.7 Å². The maximum atomic E-state index is 11.4. The van der Waals surface area contributed by atoms with Crippen molar-refractivity contribution in [2.75, 3.05) is 7.11 Å². The van der Waals surface area contributed by atoms with Crippen LogP contribution in [0.25, 0.3) is 33.3 Å². The summed E-state index contributed by atoms with van der Waals surface area (Å²) < 4.78 is 25.7. The van der Waals surface area contributed by atoms with Crippen LogP contribution in [0, 0.1) is 6.92 Å². The van der Waals surface area contributed by atoms with Gasteiger partial charge in [0.2, 0.25) is 5.89 Å². The predicted molar refractivity (Wildman–Crippen MR) is 168 cm³/mol. The fourth-order valence-electron chi connectivity index (χ4n) is 5.10. The van der Waals surface area contributed by atoms with Crippen molar-refractivity contribution < 1.29 is 58.1 Å². The average molecular weight is 619 g/mol. The third-order valence-corrected chi connectivity index (χ3v) is 7.24. The van der Waals surface area contributed by atoms with Crippen LogP contribution < -0.4 is 48.9 Å². The fraction of sp³-hybridized carbons (Fsp3) is 0.176. The number of methoxy groups -OCH3 is 1. The Morgan fingerprint density at radius 3 is 2.41 bits per heavy atom. The van der Waals surface area contributed by atoms with Gasteiger partial charge in [-0.1, -0.05) is 48.5 Å². The Morgan fingerprint density at radius 2 is 1.66 bits per heavy atom. The zero-order valence-electron chi connectivity index (χ0n) is 25.0. The molecule has 0 N–H and O–H groups in total. The van der Waals surface area contributed by atoms with Gasteiger partial charge in [-0.3, -0.25) is 0 Å². The smallest absolute Gasteiger partial charge is 0.546 e. The van der Waals surface area contributed by atoms with E-state index in [4.69, 9.17) is 18.6 Å². The number of ether oxygens (including phenoxy) is 3. The van der Waals surface area contributed by atoms with Gasteiger partial charge in [-0.2, -0.15) is 13.5 Å². The number of aromatic nitrogens is 2. The van der Waals surface area contributed by atoms with Crippen molar-refractivity contribution in [3.8, 4) is 28.7 Å². The van der Waals surface area contributed by atoms with Gasteiger partial charge in [0, 0.05) is 28.4 Å². The third kappa shape index (κ3) is 6.61. The molecular weight excluding hydrogens is 587 g/mol. The summed E-state index contributed by atoms with van der Waals surface area (Å²) >= 11 is 0. The number of carbonyl (C=O) groups is 1. The molecule has 6 rings (SSSR count). The first-order chi connectivity index (χ1) is 20.4. The van der Waals surface area contributed by atoms with E-state index in [1.165, 1.54) is 6.92 Å². The van der Waals surface area contributed by atoms with E-state index >= 15 is 0 Å². The van der Waals surface area contributed by atoms with Crippen LogP contribution in [0.5, 0.6) is 17.2 Å². The van der Waals surface area contributed by atoms with Crippen LogP contribution in [0.15, 0.2) is 95.4 Å². The number of aryl methyl sites for hydroxylation is 1. The van der Waals surface area contributed by atoms with Crippen molar-refractivity contribution in [1.29, 1.82) is 0 Å². The zero-order chi connectivity index (χ0) is 29.2. The van der Waals surface area contributed by atoms with E-state index in [0.29, 0.717) is 35.4 Å². The van der Waals surface area contributed by atoms with Crippen molar-refractivity contribution in [1.82, 2.24) is 9.55 Å². The van der Waals surface area contributed by atoms with Crippen LogP contribution in [-0.2, 0) is 17.9 Å². The van der Waals surface area contributed by atoms with Crippen molar-refractivity contribution in [2.24, 2.45) is 0 Å². The number of nitrogens with zero attached hydrogens (tertiary/aromatic N) is 2.